The van der Waals surface area contributed by atoms with Gasteiger partial charge in [-0.2, -0.15) is 8.78 Å². The number of anilines is 1. The molecule has 0 atom stereocenters. The Hall–Kier alpha value is -2.36. The zero-order valence-electron chi connectivity index (χ0n) is 11.8. The monoisotopic (exact) mass is 385 g/mol. The molecule has 7 nitrogen and oxygen atoms in total. The van der Waals surface area contributed by atoms with Crippen molar-refractivity contribution >= 4 is 32.8 Å². The number of hydrogen-bond acceptors (Lipinski definition) is 7. The number of hydrogen-bond donors (Lipinski definition) is 1. The quantitative estimate of drug-likeness (QED) is 0.736. The van der Waals surface area contributed by atoms with Gasteiger partial charge in [0.25, 0.3) is 0 Å². The minimum absolute atomic E-state index is 0.189. The summed E-state index contributed by atoms with van der Waals surface area (Å²) in [5.74, 6) is -0.189. The molecule has 2 N–H and O–H groups in total. The second-order valence-corrected chi connectivity index (χ2v) is 5.53. The number of nitrogens with zero attached hydrogens (tertiary/aromatic N) is 4. The van der Waals surface area contributed by atoms with Crippen molar-refractivity contribution in [1.82, 2.24) is 20.3 Å². The maximum atomic E-state index is 12.4. The first kappa shape index (κ1) is 15.5. The van der Waals surface area contributed by atoms with Crippen LogP contribution in [0.25, 0.3) is 11.2 Å². The third-order valence-electron chi connectivity index (χ3n) is 3.19. The molecule has 0 radical (unpaired) electrons. The van der Waals surface area contributed by atoms with E-state index in [1.807, 2.05) is 0 Å². The van der Waals surface area contributed by atoms with Gasteiger partial charge in [-0.05, 0) is 45.3 Å². The van der Waals surface area contributed by atoms with Gasteiger partial charge < -0.3 is 10.5 Å². The third-order valence-corrected chi connectivity index (χ3v) is 3.80. The largest absolute Gasteiger partial charge is 0.416 e. The Morgan fingerprint density at radius 3 is 2.83 bits per heavy atom. The number of aryl methyl sites for hydroxylation is 1. The lowest BCUT2D eigenvalue weighted by Crippen LogP contribution is -2.07. The van der Waals surface area contributed by atoms with Crippen LogP contribution >= 0.6 is 15.9 Å². The number of nitrogen functional groups attached to an aromatic ring is 1. The number of nitrogens with two attached hydrogens (primary N) is 1. The number of aromatic nitrogens is 4. The molecule has 0 amide bonds. The van der Waals surface area contributed by atoms with Gasteiger partial charge in [0.2, 0.25) is 11.5 Å². The molecule has 23 heavy (non-hydrogen) atoms. The van der Waals surface area contributed by atoms with Crippen molar-refractivity contribution in [3.63, 3.8) is 0 Å². The molecule has 0 aromatic carbocycles. The van der Waals surface area contributed by atoms with Crippen LogP contribution in [0.15, 0.2) is 21.2 Å². The predicted octanol–water partition coefficient (Wildman–Crippen LogP) is 2.86. The van der Waals surface area contributed by atoms with E-state index in [1.54, 1.807) is 19.1 Å². The summed E-state index contributed by atoms with van der Waals surface area (Å²) in [5, 5.41) is 7.35. The fourth-order valence-electron chi connectivity index (χ4n) is 2.12. The standard InChI is InChI=1S/C13H10BrF2N5O2/c1-5-7(9(17)10-11(18-5)21-23-20-10)4-6-2-3-8(14)12(19-6)22-13(15)16/h2-3,13H,4,17H2,1H3. The molecule has 0 aliphatic rings. The normalized spacial score (nSPS) is 11.3. The van der Waals surface area contributed by atoms with E-state index in [4.69, 9.17) is 5.73 Å². The highest BCUT2D eigenvalue weighted by Gasteiger charge is 2.17. The fourth-order valence-corrected chi connectivity index (χ4v) is 2.44. The van der Waals surface area contributed by atoms with Crippen molar-refractivity contribution in [2.24, 2.45) is 0 Å². The molecule has 0 saturated carbocycles. The molecule has 3 aromatic rings. The van der Waals surface area contributed by atoms with Gasteiger partial charge in [0.1, 0.15) is 0 Å². The molecule has 10 heteroatoms. The van der Waals surface area contributed by atoms with Crippen LogP contribution in [0.1, 0.15) is 17.0 Å². The van der Waals surface area contributed by atoms with E-state index in [0.717, 1.165) is 0 Å². The molecule has 0 fully saturated rings. The molecule has 120 valence electrons. The Kier molecular flexibility index (Phi) is 4.07. The van der Waals surface area contributed by atoms with Gasteiger partial charge in [-0.25, -0.2) is 14.6 Å². The lowest BCUT2D eigenvalue weighted by atomic mass is 10.1. The summed E-state index contributed by atoms with van der Waals surface area (Å²) in [4.78, 5) is 8.31. The molecule has 0 unspecified atom stereocenters. The van der Waals surface area contributed by atoms with Crippen molar-refractivity contribution in [3.8, 4) is 5.88 Å². The second kappa shape index (κ2) is 6.03. The third kappa shape index (κ3) is 3.07. The smallest absolute Gasteiger partial charge is 0.388 e. The molecule has 0 bridgehead atoms. The van der Waals surface area contributed by atoms with Crippen molar-refractivity contribution in [2.45, 2.75) is 20.0 Å². The number of alkyl halides is 2. The Morgan fingerprint density at radius 1 is 1.30 bits per heavy atom. The molecule has 0 aliphatic heterocycles. The highest BCUT2D eigenvalue weighted by Crippen LogP contribution is 2.28. The highest BCUT2D eigenvalue weighted by molar-refractivity contribution is 9.10. The summed E-state index contributed by atoms with van der Waals surface area (Å²) < 4.78 is 34.1. The van der Waals surface area contributed by atoms with Crippen molar-refractivity contribution in [3.05, 3.63) is 33.6 Å². The molecule has 0 aliphatic carbocycles. The molecular formula is C13H10BrF2N5O2. The molecule has 0 spiro atoms. The molecule has 3 aromatic heterocycles. The topological polar surface area (TPSA) is 100.0 Å². The molecule has 0 saturated heterocycles. The minimum Gasteiger partial charge on any atom is -0.416 e. The van der Waals surface area contributed by atoms with Crippen LogP contribution in [0.3, 0.4) is 0 Å². The molecule has 3 heterocycles. The first-order valence-electron chi connectivity index (χ1n) is 6.43. The van der Waals surface area contributed by atoms with E-state index >= 15 is 0 Å². The number of halogens is 3. The summed E-state index contributed by atoms with van der Waals surface area (Å²) in [7, 11) is 0. The Morgan fingerprint density at radius 2 is 2.09 bits per heavy atom. The number of ether oxygens (including phenoxy) is 1. The van der Waals surface area contributed by atoms with Crippen LogP contribution in [0, 0.1) is 6.92 Å². The summed E-state index contributed by atoms with van der Waals surface area (Å²) >= 11 is 3.11. The van der Waals surface area contributed by atoms with E-state index in [-0.39, 0.29) is 12.3 Å². The molecular weight excluding hydrogens is 376 g/mol. The van der Waals surface area contributed by atoms with E-state index in [1.165, 1.54) is 0 Å². The van der Waals surface area contributed by atoms with Crippen LogP contribution < -0.4 is 10.5 Å². The summed E-state index contributed by atoms with van der Waals surface area (Å²) in [5.41, 5.74) is 8.91. The maximum absolute atomic E-state index is 12.4. The zero-order valence-corrected chi connectivity index (χ0v) is 13.3. The first-order chi connectivity index (χ1) is 11.0. The first-order valence-corrected chi connectivity index (χ1v) is 7.22. The maximum Gasteiger partial charge on any atom is 0.388 e. The van der Waals surface area contributed by atoms with Crippen LogP contribution in [0.2, 0.25) is 0 Å². The lowest BCUT2D eigenvalue weighted by molar-refractivity contribution is -0.0534. The predicted molar refractivity (Wildman–Crippen MR) is 80.1 cm³/mol. The highest BCUT2D eigenvalue weighted by atomic mass is 79.9. The summed E-state index contributed by atoms with van der Waals surface area (Å²) in [6, 6.07) is 3.25. The molecule has 3 rings (SSSR count). The summed E-state index contributed by atoms with van der Waals surface area (Å²) in [6.07, 6.45) is 0.278. The average Bonchev–Trinajstić information content (AvgIpc) is 2.94. The van der Waals surface area contributed by atoms with Gasteiger partial charge in [0.15, 0.2) is 5.52 Å². The SMILES string of the molecule is Cc1nc2nonc2c(N)c1Cc1ccc(Br)c(OC(F)F)n1. The van der Waals surface area contributed by atoms with Crippen molar-refractivity contribution in [2.75, 3.05) is 5.73 Å². The van der Waals surface area contributed by atoms with Gasteiger partial charge >= 0.3 is 6.61 Å². The zero-order chi connectivity index (χ0) is 16.6. The van der Waals surface area contributed by atoms with Crippen molar-refractivity contribution < 1.29 is 18.1 Å². The van der Waals surface area contributed by atoms with Crippen LogP contribution in [0.5, 0.6) is 5.88 Å². The fraction of sp³-hybridized carbons (Fsp3) is 0.231. The van der Waals surface area contributed by atoms with Gasteiger partial charge in [-0.1, -0.05) is 0 Å². The minimum atomic E-state index is -2.96. The van der Waals surface area contributed by atoms with E-state index in [9.17, 15) is 8.78 Å². The number of rotatable bonds is 4. The van der Waals surface area contributed by atoms with Crippen molar-refractivity contribution in [1.29, 1.82) is 0 Å². The Labute approximate surface area is 136 Å². The lowest BCUT2D eigenvalue weighted by Gasteiger charge is -2.10. The van der Waals surface area contributed by atoms with Gasteiger partial charge in [-0.3, -0.25) is 0 Å². The van der Waals surface area contributed by atoms with Crippen LogP contribution in [-0.2, 0) is 6.42 Å². The van der Waals surface area contributed by atoms with Gasteiger partial charge in [-0.15, -0.1) is 0 Å². The van der Waals surface area contributed by atoms with E-state index in [2.05, 4.69) is 45.6 Å². The van der Waals surface area contributed by atoms with Crippen LogP contribution in [-0.4, -0.2) is 26.9 Å². The average molecular weight is 386 g/mol. The Bertz CT molecular complexity index is 871. The number of pyridine rings is 2. The van der Waals surface area contributed by atoms with E-state index in [0.29, 0.717) is 38.3 Å². The summed E-state index contributed by atoms with van der Waals surface area (Å²) in [6.45, 7) is -1.20. The number of fused-ring (bicyclic) bond motifs is 1. The second-order valence-electron chi connectivity index (χ2n) is 4.67. The Balaban J connectivity index is 1.99. The van der Waals surface area contributed by atoms with E-state index < -0.39 is 6.61 Å². The van der Waals surface area contributed by atoms with Crippen LogP contribution in [0.4, 0.5) is 14.5 Å². The van der Waals surface area contributed by atoms with Gasteiger partial charge in [0.05, 0.1) is 10.2 Å². The van der Waals surface area contributed by atoms with Gasteiger partial charge in [0, 0.05) is 23.4 Å².